The minimum absolute atomic E-state index is 0.537. The molecule has 0 aliphatic heterocycles. The maximum Gasteiger partial charge on any atom is 0.0761 e. The molecule has 1 saturated carbocycles. The SMILES string of the molecule is BrCC1(Cc2csnn2)CC1. The van der Waals surface area contributed by atoms with Gasteiger partial charge in [0.2, 0.25) is 0 Å². The molecule has 0 aromatic carbocycles. The lowest BCUT2D eigenvalue weighted by Crippen LogP contribution is -2.06. The number of rotatable bonds is 3. The fraction of sp³-hybridized carbons (Fsp3) is 0.714. The summed E-state index contributed by atoms with van der Waals surface area (Å²) < 4.78 is 3.84. The molecule has 0 spiro atoms. The molecule has 0 saturated heterocycles. The molecule has 2 rings (SSSR count). The lowest BCUT2D eigenvalue weighted by atomic mass is 10.0. The summed E-state index contributed by atoms with van der Waals surface area (Å²) in [6.07, 6.45) is 3.79. The quantitative estimate of drug-likeness (QED) is 0.748. The van der Waals surface area contributed by atoms with Gasteiger partial charge in [0.05, 0.1) is 5.69 Å². The first-order chi connectivity index (χ1) is 5.35. The van der Waals surface area contributed by atoms with Crippen LogP contribution >= 0.6 is 27.5 Å². The van der Waals surface area contributed by atoms with E-state index in [9.17, 15) is 0 Å². The molecule has 0 atom stereocenters. The second kappa shape index (κ2) is 2.83. The molecule has 0 N–H and O–H groups in total. The van der Waals surface area contributed by atoms with Crippen molar-refractivity contribution in [2.75, 3.05) is 5.33 Å². The average Bonchev–Trinajstić information content (AvgIpc) is 2.59. The summed E-state index contributed by atoms with van der Waals surface area (Å²) in [4.78, 5) is 0. The standard InChI is InChI=1S/C7H9BrN2S/c8-5-7(1-2-7)3-6-4-11-10-9-6/h4H,1-3,5H2. The predicted octanol–water partition coefficient (Wildman–Crippen LogP) is 2.26. The zero-order chi connectivity index (χ0) is 7.73. The Balaban J connectivity index is 2.01. The fourth-order valence-electron chi connectivity index (χ4n) is 1.18. The van der Waals surface area contributed by atoms with E-state index in [1.54, 1.807) is 0 Å². The Labute approximate surface area is 78.3 Å². The van der Waals surface area contributed by atoms with Gasteiger partial charge in [-0.15, -0.1) is 5.10 Å². The van der Waals surface area contributed by atoms with Crippen LogP contribution in [0.1, 0.15) is 18.5 Å². The third-order valence-electron chi connectivity index (χ3n) is 2.20. The molecular weight excluding hydrogens is 224 g/mol. The molecule has 0 radical (unpaired) electrons. The van der Waals surface area contributed by atoms with E-state index in [1.165, 1.54) is 24.4 Å². The van der Waals surface area contributed by atoms with Gasteiger partial charge in [-0.25, -0.2) is 0 Å². The Bertz CT molecular complexity index is 231. The van der Waals surface area contributed by atoms with Crippen molar-refractivity contribution in [3.8, 4) is 0 Å². The van der Waals surface area contributed by atoms with Crippen LogP contribution in [0.2, 0.25) is 0 Å². The van der Waals surface area contributed by atoms with E-state index < -0.39 is 0 Å². The van der Waals surface area contributed by atoms with E-state index in [1.807, 2.05) is 5.38 Å². The van der Waals surface area contributed by atoms with E-state index >= 15 is 0 Å². The first kappa shape index (κ1) is 7.68. The first-order valence-electron chi connectivity index (χ1n) is 3.67. The van der Waals surface area contributed by atoms with Crippen molar-refractivity contribution >= 4 is 27.5 Å². The van der Waals surface area contributed by atoms with Crippen molar-refractivity contribution in [2.45, 2.75) is 19.3 Å². The first-order valence-corrected chi connectivity index (χ1v) is 5.62. The molecule has 1 aromatic heterocycles. The largest absolute Gasteiger partial charge is 0.143 e. The van der Waals surface area contributed by atoms with Crippen molar-refractivity contribution in [3.63, 3.8) is 0 Å². The molecule has 11 heavy (non-hydrogen) atoms. The third kappa shape index (κ3) is 1.62. The van der Waals surface area contributed by atoms with Crippen LogP contribution in [0.15, 0.2) is 5.38 Å². The Morgan fingerprint density at radius 1 is 1.64 bits per heavy atom. The minimum Gasteiger partial charge on any atom is -0.143 e. The molecule has 0 amide bonds. The minimum atomic E-state index is 0.537. The highest BCUT2D eigenvalue weighted by Gasteiger charge is 2.41. The molecule has 1 aliphatic carbocycles. The number of hydrogen-bond acceptors (Lipinski definition) is 3. The molecule has 4 heteroatoms. The predicted molar refractivity (Wildman–Crippen MR) is 49.1 cm³/mol. The Morgan fingerprint density at radius 2 is 2.45 bits per heavy atom. The normalized spacial score (nSPS) is 20.1. The van der Waals surface area contributed by atoms with Crippen LogP contribution in [-0.2, 0) is 6.42 Å². The van der Waals surface area contributed by atoms with Gasteiger partial charge in [-0.2, -0.15) is 0 Å². The van der Waals surface area contributed by atoms with Crippen LogP contribution in [0.25, 0.3) is 0 Å². The van der Waals surface area contributed by atoms with Crippen molar-refractivity contribution < 1.29 is 0 Å². The van der Waals surface area contributed by atoms with E-state index in [2.05, 4.69) is 25.5 Å². The zero-order valence-corrected chi connectivity index (χ0v) is 8.49. The Kier molecular flexibility index (Phi) is 1.97. The molecule has 1 heterocycles. The summed E-state index contributed by atoms with van der Waals surface area (Å²) in [5.41, 5.74) is 1.70. The van der Waals surface area contributed by atoms with Gasteiger partial charge in [-0.3, -0.25) is 0 Å². The topological polar surface area (TPSA) is 25.8 Å². The molecule has 1 fully saturated rings. The van der Waals surface area contributed by atoms with Crippen LogP contribution < -0.4 is 0 Å². The van der Waals surface area contributed by atoms with Crippen LogP contribution in [-0.4, -0.2) is 14.9 Å². The summed E-state index contributed by atoms with van der Waals surface area (Å²) in [6, 6.07) is 0. The number of nitrogens with zero attached hydrogens (tertiary/aromatic N) is 2. The van der Waals surface area contributed by atoms with Crippen molar-refractivity contribution in [2.24, 2.45) is 5.41 Å². The van der Waals surface area contributed by atoms with Crippen LogP contribution in [0.5, 0.6) is 0 Å². The van der Waals surface area contributed by atoms with E-state index in [0.29, 0.717) is 5.41 Å². The molecule has 0 unspecified atom stereocenters. The number of halogens is 1. The maximum atomic E-state index is 4.04. The third-order valence-corrected chi connectivity index (χ3v) is 3.94. The summed E-state index contributed by atoms with van der Waals surface area (Å²) in [7, 11) is 0. The van der Waals surface area contributed by atoms with Crippen molar-refractivity contribution in [3.05, 3.63) is 11.1 Å². The summed E-state index contributed by atoms with van der Waals surface area (Å²) in [5, 5.41) is 7.19. The second-order valence-corrected chi connectivity index (χ2v) is 4.38. The average molecular weight is 233 g/mol. The van der Waals surface area contributed by atoms with Gasteiger partial charge in [0.15, 0.2) is 0 Å². The molecule has 1 aliphatic rings. The Hall–Kier alpha value is 0.0400. The van der Waals surface area contributed by atoms with E-state index in [0.717, 1.165) is 17.4 Å². The van der Waals surface area contributed by atoms with Crippen LogP contribution in [0.3, 0.4) is 0 Å². The lowest BCUT2D eigenvalue weighted by molar-refractivity contribution is 0.575. The number of hydrogen-bond donors (Lipinski definition) is 0. The number of aromatic nitrogens is 2. The lowest BCUT2D eigenvalue weighted by Gasteiger charge is -2.06. The van der Waals surface area contributed by atoms with Crippen molar-refractivity contribution in [1.29, 1.82) is 0 Å². The fourth-order valence-corrected chi connectivity index (χ4v) is 2.39. The monoisotopic (exact) mass is 232 g/mol. The molecule has 60 valence electrons. The highest BCUT2D eigenvalue weighted by Crippen LogP contribution is 2.49. The van der Waals surface area contributed by atoms with E-state index in [4.69, 9.17) is 0 Å². The highest BCUT2D eigenvalue weighted by atomic mass is 79.9. The zero-order valence-electron chi connectivity index (χ0n) is 6.09. The molecular formula is C7H9BrN2S. The Morgan fingerprint density at radius 3 is 2.91 bits per heavy atom. The summed E-state index contributed by atoms with van der Waals surface area (Å²) in [5.74, 6) is 0. The van der Waals surface area contributed by atoms with Gasteiger partial charge in [-0.1, -0.05) is 20.4 Å². The van der Waals surface area contributed by atoms with Gasteiger partial charge in [0, 0.05) is 10.7 Å². The van der Waals surface area contributed by atoms with Crippen LogP contribution in [0, 0.1) is 5.41 Å². The molecule has 2 nitrogen and oxygen atoms in total. The van der Waals surface area contributed by atoms with Gasteiger partial charge in [-0.05, 0) is 36.2 Å². The second-order valence-electron chi connectivity index (χ2n) is 3.21. The van der Waals surface area contributed by atoms with Gasteiger partial charge >= 0.3 is 0 Å². The number of alkyl halides is 1. The van der Waals surface area contributed by atoms with Gasteiger partial charge < -0.3 is 0 Å². The molecule has 0 bridgehead atoms. The summed E-state index contributed by atoms with van der Waals surface area (Å²) >= 11 is 4.98. The smallest absolute Gasteiger partial charge is 0.0761 e. The maximum absolute atomic E-state index is 4.04. The van der Waals surface area contributed by atoms with Crippen molar-refractivity contribution in [1.82, 2.24) is 9.59 Å². The summed E-state index contributed by atoms with van der Waals surface area (Å²) in [6.45, 7) is 0. The van der Waals surface area contributed by atoms with Gasteiger partial charge in [0.1, 0.15) is 0 Å². The van der Waals surface area contributed by atoms with Crippen LogP contribution in [0.4, 0.5) is 0 Å². The van der Waals surface area contributed by atoms with E-state index in [-0.39, 0.29) is 0 Å². The molecule has 1 aromatic rings. The van der Waals surface area contributed by atoms with Gasteiger partial charge in [0.25, 0.3) is 0 Å². The highest BCUT2D eigenvalue weighted by molar-refractivity contribution is 9.09.